The zero-order valence-corrected chi connectivity index (χ0v) is 16.4. The number of nitrogens with two attached hydrogens (primary N) is 1. The molecule has 0 aliphatic carbocycles. The number of terminal acetylenes is 1. The van der Waals surface area contributed by atoms with Crippen molar-refractivity contribution in [2.45, 2.75) is 51.4 Å². The van der Waals surface area contributed by atoms with E-state index in [1.54, 1.807) is 26.0 Å². The number of likely N-dealkylation sites (tertiary alicyclic amines) is 1. The van der Waals surface area contributed by atoms with Gasteiger partial charge in [-0.25, -0.2) is 0 Å². The van der Waals surface area contributed by atoms with E-state index >= 15 is 0 Å². The molecule has 0 bridgehead atoms. The van der Waals surface area contributed by atoms with Crippen molar-refractivity contribution in [3.8, 4) is 12.3 Å². The Hall–Kier alpha value is -2.40. The van der Waals surface area contributed by atoms with Gasteiger partial charge in [0, 0.05) is 31.7 Å². The number of nitrogens with zero attached hydrogens (tertiary/aromatic N) is 1. The lowest BCUT2D eigenvalue weighted by atomic mass is 9.81. The van der Waals surface area contributed by atoms with Gasteiger partial charge in [0.25, 0.3) is 0 Å². The first kappa shape index (κ1) is 21.9. The average molecular weight is 387 g/mol. The van der Waals surface area contributed by atoms with Crippen LogP contribution in [0, 0.1) is 17.8 Å². The second-order valence-corrected chi connectivity index (χ2v) is 7.89. The zero-order chi connectivity index (χ0) is 20.9. The molecule has 0 saturated carbocycles. The molecule has 1 fully saturated rings. The Morgan fingerprint density at radius 3 is 2.61 bits per heavy atom. The van der Waals surface area contributed by atoms with Crippen molar-refractivity contribution >= 4 is 11.8 Å². The van der Waals surface area contributed by atoms with Crippen molar-refractivity contribution in [3.63, 3.8) is 0 Å². The monoisotopic (exact) mass is 387 g/mol. The molecule has 1 aliphatic heterocycles. The van der Waals surface area contributed by atoms with Crippen LogP contribution < -0.4 is 11.1 Å². The number of benzene rings is 1. The van der Waals surface area contributed by atoms with Gasteiger partial charge < -0.3 is 26.2 Å². The van der Waals surface area contributed by atoms with Crippen molar-refractivity contribution in [2.75, 3.05) is 13.2 Å². The quantitative estimate of drug-likeness (QED) is 0.491. The molecule has 7 heteroatoms. The van der Waals surface area contributed by atoms with Crippen molar-refractivity contribution in [1.29, 1.82) is 0 Å². The molecule has 152 valence electrons. The summed E-state index contributed by atoms with van der Waals surface area (Å²) in [5, 5.41) is 22.0. The molecule has 2 amide bonds. The van der Waals surface area contributed by atoms with Crippen LogP contribution >= 0.6 is 0 Å². The average Bonchev–Trinajstić information content (AvgIpc) is 3.07. The molecule has 2 rings (SSSR count). The van der Waals surface area contributed by atoms with Crippen LogP contribution in [0.2, 0.25) is 0 Å². The van der Waals surface area contributed by atoms with Gasteiger partial charge in [-0.05, 0) is 29.5 Å². The van der Waals surface area contributed by atoms with Gasteiger partial charge in [0.05, 0.1) is 12.1 Å². The predicted octanol–water partition coefficient (Wildman–Crippen LogP) is -0.0182. The normalized spacial score (nSPS) is 20.5. The van der Waals surface area contributed by atoms with Gasteiger partial charge in [0.2, 0.25) is 11.8 Å². The van der Waals surface area contributed by atoms with Gasteiger partial charge in [-0.3, -0.25) is 9.59 Å². The van der Waals surface area contributed by atoms with Crippen LogP contribution in [0.15, 0.2) is 24.3 Å². The fraction of sp³-hybridized carbons (Fsp3) is 0.524. The molecule has 28 heavy (non-hydrogen) atoms. The highest BCUT2D eigenvalue weighted by atomic mass is 16.3. The summed E-state index contributed by atoms with van der Waals surface area (Å²) in [6, 6.07) is 5.59. The number of nitrogens with one attached hydrogen (secondary N) is 1. The van der Waals surface area contributed by atoms with Crippen molar-refractivity contribution in [1.82, 2.24) is 10.2 Å². The molecule has 0 spiro atoms. The smallest absolute Gasteiger partial charge is 0.243 e. The summed E-state index contributed by atoms with van der Waals surface area (Å²) < 4.78 is 0. The maximum Gasteiger partial charge on any atom is 0.243 e. The summed E-state index contributed by atoms with van der Waals surface area (Å²) in [5.74, 6) is 1.80. The van der Waals surface area contributed by atoms with Crippen LogP contribution in [0.3, 0.4) is 0 Å². The molecule has 1 aromatic rings. The SMILES string of the molecule is C#Cc1ccc(CNC(=O)[C@@H]2C[C@@H](O)CN2C(=O)[C@H](N)C(C)(C)CCO)cc1. The molecule has 0 radical (unpaired) electrons. The molecule has 0 unspecified atom stereocenters. The van der Waals surface area contributed by atoms with Crippen LogP contribution in [0.1, 0.15) is 37.8 Å². The van der Waals surface area contributed by atoms with Crippen LogP contribution in [0.4, 0.5) is 0 Å². The Kier molecular flexibility index (Phi) is 7.19. The van der Waals surface area contributed by atoms with Gasteiger partial charge in [0.15, 0.2) is 0 Å². The number of aliphatic hydroxyl groups is 2. The molecule has 7 nitrogen and oxygen atoms in total. The van der Waals surface area contributed by atoms with E-state index in [-0.39, 0.29) is 25.5 Å². The topological polar surface area (TPSA) is 116 Å². The lowest BCUT2D eigenvalue weighted by molar-refractivity contribution is -0.141. The Balaban J connectivity index is 2.04. The number of aliphatic hydroxyl groups excluding tert-OH is 2. The van der Waals surface area contributed by atoms with E-state index in [1.165, 1.54) is 4.90 Å². The van der Waals surface area contributed by atoms with Crippen molar-refractivity contribution in [2.24, 2.45) is 11.1 Å². The molecule has 5 N–H and O–H groups in total. The molecular formula is C21H29N3O4. The Morgan fingerprint density at radius 2 is 2.04 bits per heavy atom. The standard InChI is InChI=1S/C21H29N3O4/c1-4-14-5-7-15(8-6-14)12-23-19(27)17-11-16(26)13-24(17)20(28)18(22)21(2,3)9-10-25/h1,5-8,16-18,25-26H,9-13,22H2,2-3H3,(H,23,27)/t16-,17+,18+/m1/s1. The highest BCUT2D eigenvalue weighted by Crippen LogP contribution is 2.28. The van der Waals surface area contributed by atoms with E-state index in [1.807, 2.05) is 12.1 Å². The summed E-state index contributed by atoms with van der Waals surface area (Å²) in [6.07, 6.45) is 5.08. The van der Waals surface area contributed by atoms with Crippen molar-refractivity contribution < 1.29 is 19.8 Å². The number of amides is 2. The molecule has 1 aromatic carbocycles. The second kappa shape index (κ2) is 9.20. The highest BCUT2D eigenvalue weighted by Gasteiger charge is 2.43. The maximum absolute atomic E-state index is 12.9. The number of rotatable bonds is 7. The Bertz CT molecular complexity index is 739. The zero-order valence-electron chi connectivity index (χ0n) is 16.4. The van der Waals surface area contributed by atoms with Crippen LogP contribution in [-0.2, 0) is 16.1 Å². The second-order valence-electron chi connectivity index (χ2n) is 7.89. The van der Waals surface area contributed by atoms with E-state index in [2.05, 4.69) is 11.2 Å². The molecule has 1 aliphatic rings. The van der Waals surface area contributed by atoms with Crippen LogP contribution in [0.5, 0.6) is 0 Å². The Morgan fingerprint density at radius 1 is 1.39 bits per heavy atom. The summed E-state index contributed by atoms with van der Waals surface area (Å²) in [6.45, 7) is 3.87. The van der Waals surface area contributed by atoms with E-state index < -0.39 is 29.5 Å². The molecule has 1 heterocycles. The van der Waals surface area contributed by atoms with Gasteiger partial charge in [-0.1, -0.05) is 31.9 Å². The largest absolute Gasteiger partial charge is 0.396 e. The van der Waals surface area contributed by atoms with E-state index in [4.69, 9.17) is 12.2 Å². The third-order valence-electron chi connectivity index (χ3n) is 5.32. The predicted molar refractivity (Wildman–Crippen MR) is 106 cm³/mol. The molecule has 3 atom stereocenters. The lowest BCUT2D eigenvalue weighted by Crippen LogP contribution is -2.55. The van der Waals surface area contributed by atoms with E-state index in [0.29, 0.717) is 13.0 Å². The summed E-state index contributed by atoms with van der Waals surface area (Å²) in [4.78, 5) is 26.9. The molecular weight excluding hydrogens is 358 g/mol. The molecule has 1 saturated heterocycles. The maximum atomic E-state index is 12.9. The first-order valence-electron chi connectivity index (χ1n) is 9.38. The molecule has 0 aromatic heterocycles. The minimum absolute atomic E-state index is 0.0662. The van der Waals surface area contributed by atoms with Crippen molar-refractivity contribution in [3.05, 3.63) is 35.4 Å². The highest BCUT2D eigenvalue weighted by molar-refractivity contribution is 5.90. The van der Waals surface area contributed by atoms with Crippen LogP contribution in [-0.4, -0.2) is 58.3 Å². The Labute approximate surface area is 165 Å². The van der Waals surface area contributed by atoms with Crippen LogP contribution in [0.25, 0.3) is 0 Å². The lowest BCUT2D eigenvalue weighted by Gasteiger charge is -2.34. The summed E-state index contributed by atoms with van der Waals surface area (Å²) in [5.41, 5.74) is 7.14. The number of β-amino-alcohol motifs (C(OH)–C–C–N with tert-alkyl or cyclic N) is 1. The fourth-order valence-electron chi connectivity index (χ4n) is 3.29. The number of carbonyl (C=O) groups excluding carboxylic acids is 2. The minimum Gasteiger partial charge on any atom is -0.396 e. The fourth-order valence-corrected chi connectivity index (χ4v) is 3.29. The summed E-state index contributed by atoms with van der Waals surface area (Å²) in [7, 11) is 0. The van der Waals surface area contributed by atoms with E-state index in [0.717, 1.165) is 11.1 Å². The van der Waals surface area contributed by atoms with Gasteiger partial charge >= 0.3 is 0 Å². The first-order valence-corrected chi connectivity index (χ1v) is 9.38. The third-order valence-corrected chi connectivity index (χ3v) is 5.32. The van der Waals surface area contributed by atoms with Gasteiger partial charge in [0.1, 0.15) is 6.04 Å². The minimum atomic E-state index is -0.878. The number of carbonyl (C=O) groups is 2. The number of hydrogen-bond donors (Lipinski definition) is 4. The van der Waals surface area contributed by atoms with Gasteiger partial charge in [-0.15, -0.1) is 6.42 Å². The summed E-state index contributed by atoms with van der Waals surface area (Å²) >= 11 is 0. The number of hydrogen-bond acceptors (Lipinski definition) is 5. The third kappa shape index (κ3) is 5.10. The van der Waals surface area contributed by atoms with Gasteiger partial charge in [-0.2, -0.15) is 0 Å². The first-order chi connectivity index (χ1) is 13.2. The van der Waals surface area contributed by atoms with E-state index in [9.17, 15) is 19.8 Å².